The summed E-state index contributed by atoms with van der Waals surface area (Å²) >= 11 is 0. The number of aromatic nitrogens is 1. The number of pyridine rings is 1. The molecule has 94 valence electrons. The molecule has 0 fully saturated rings. The SMILES string of the molecule is Cc1ccc(NCCOc2ccc(N)cc2)nc1. The van der Waals surface area contributed by atoms with Gasteiger partial charge in [0.2, 0.25) is 0 Å². The van der Waals surface area contributed by atoms with Crippen molar-refractivity contribution in [1.82, 2.24) is 4.98 Å². The zero-order chi connectivity index (χ0) is 12.8. The Morgan fingerprint density at radius 1 is 1.17 bits per heavy atom. The van der Waals surface area contributed by atoms with Crippen molar-refractivity contribution in [1.29, 1.82) is 0 Å². The van der Waals surface area contributed by atoms with Crippen molar-refractivity contribution < 1.29 is 4.74 Å². The van der Waals surface area contributed by atoms with Crippen LogP contribution in [0.25, 0.3) is 0 Å². The lowest BCUT2D eigenvalue weighted by molar-refractivity contribution is 0.333. The predicted octanol–water partition coefficient (Wildman–Crippen LogP) is 2.46. The highest BCUT2D eigenvalue weighted by Gasteiger charge is 1.95. The minimum absolute atomic E-state index is 0.583. The highest BCUT2D eigenvalue weighted by atomic mass is 16.5. The van der Waals surface area contributed by atoms with Crippen LogP contribution < -0.4 is 15.8 Å². The minimum Gasteiger partial charge on any atom is -0.492 e. The van der Waals surface area contributed by atoms with Crippen LogP contribution >= 0.6 is 0 Å². The van der Waals surface area contributed by atoms with Gasteiger partial charge in [0.25, 0.3) is 0 Å². The quantitative estimate of drug-likeness (QED) is 0.625. The van der Waals surface area contributed by atoms with E-state index in [-0.39, 0.29) is 0 Å². The van der Waals surface area contributed by atoms with Gasteiger partial charge >= 0.3 is 0 Å². The normalized spacial score (nSPS) is 10.1. The van der Waals surface area contributed by atoms with E-state index in [9.17, 15) is 0 Å². The Kier molecular flexibility index (Phi) is 4.02. The van der Waals surface area contributed by atoms with Gasteiger partial charge in [0.05, 0.1) is 6.54 Å². The van der Waals surface area contributed by atoms with E-state index in [0.717, 1.165) is 22.8 Å². The number of anilines is 2. The maximum Gasteiger partial charge on any atom is 0.126 e. The van der Waals surface area contributed by atoms with Gasteiger partial charge in [-0.1, -0.05) is 6.07 Å². The topological polar surface area (TPSA) is 60.2 Å². The van der Waals surface area contributed by atoms with E-state index in [2.05, 4.69) is 10.3 Å². The van der Waals surface area contributed by atoms with Crippen molar-refractivity contribution in [2.45, 2.75) is 6.92 Å². The summed E-state index contributed by atoms with van der Waals surface area (Å²) in [5, 5.41) is 3.19. The summed E-state index contributed by atoms with van der Waals surface area (Å²) in [6, 6.07) is 11.3. The number of nitrogens with zero attached hydrogens (tertiary/aromatic N) is 1. The van der Waals surface area contributed by atoms with Crippen molar-refractivity contribution in [3.05, 3.63) is 48.2 Å². The molecule has 0 saturated heterocycles. The van der Waals surface area contributed by atoms with Crippen LogP contribution in [0.1, 0.15) is 5.56 Å². The van der Waals surface area contributed by atoms with Gasteiger partial charge in [-0.05, 0) is 42.8 Å². The number of nitrogen functional groups attached to an aromatic ring is 1. The van der Waals surface area contributed by atoms with E-state index >= 15 is 0 Å². The van der Waals surface area contributed by atoms with Crippen molar-refractivity contribution in [2.24, 2.45) is 0 Å². The number of rotatable bonds is 5. The zero-order valence-corrected chi connectivity index (χ0v) is 10.4. The molecule has 1 aromatic heterocycles. The van der Waals surface area contributed by atoms with Crippen LogP contribution in [0.5, 0.6) is 5.75 Å². The molecule has 0 radical (unpaired) electrons. The molecule has 1 aromatic carbocycles. The average Bonchev–Trinajstić information content (AvgIpc) is 2.39. The molecular formula is C14H17N3O. The number of nitrogens with two attached hydrogens (primary N) is 1. The third-order valence-corrected chi connectivity index (χ3v) is 2.47. The number of hydrogen-bond donors (Lipinski definition) is 2. The molecule has 0 saturated carbocycles. The summed E-state index contributed by atoms with van der Waals surface area (Å²) in [6.45, 7) is 3.31. The van der Waals surface area contributed by atoms with Crippen LogP contribution in [-0.4, -0.2) is 18.1 Å². The summed E-state index contributed by atoms with van der Waals surface area (Å²) < 4.78 is 5.56. The summed E-state index contributed by atoms with van der Waals surface area (Å²) in [5.41, 5.74) is 7.49. The molecule has 0 aliphatic carbocycles. The van der Waals surface area contributed by atoms with Gasteiger partial charge in [0.15, 0.2) is 0 Å². The summed E-state index contributed by atoms with van der Waals surface area (Å²) in [4.78, 5) is 4.25. The highest BCUT2D eigenvalue weighted by Crippen LogP contribution is 2.12. The predicted molar refractivity (Wildman–Crippen MR) is 73.8 cm³/mol. The monoisotopic (exact) mass is 243 g/mol. The largest absolute Gasteiger partial charge is 0.492 e. The Labute approximate surface area is 107 Å². The molecule has 0 spiro atoms. The molecule has 0 amide bonds. The molecule has 18 heavy (non-hydrogen) atoms. The van der Waals surface area contributed by atoms with E-state index in [1.165, 1.54) is 0 Å². The standard InChI is InChI=1S/C14H17N3O/c1-11-2-7-14(17-10-11)16-8-9-18-13-5-3-12(15)4-6-13/h2-7,10H,8-9,15H2,1H3,(H,16,17). The Balaban J connectivity index is 1.73. The molecule has 0 unspecified atom stereocenters. The average molecular weight is 243 g/mol. The van der Waals surface area contributed by atoms with Gasteiger partial charge in [-0.3, -0.25) is 0 Å². The van der Waals surface area contributed by atoms with Crippen LogP contribution in [0, 0.1) is 6.92 Å². The Morgan fingerprint density at radius 2 is 1.94 bits per heavy atom. The second-order valence-electron chi connectivity index (χ2n) is 4.07. The molecule has 4 nitrogen and oxygen atoms in total. The Hall–Kier alpha value is -2.23. The number of ether oxygens (including phenoxy) is 1. The fourth-order valence-electron chi connectivity index (χ4n) is 1.48. The zero-order valence-electron chi connectivity index (χ0n) is 10.4. The molecule has 1 heterocycles. The third-order valence-electron chi connectivity index (χ3n) is 2.47. The smallest absolute Gasteiger partial charge is 0.126 e. The molecule has 4 heteroatoms. The van der Waals surface area contributed by atoms with Crippen LogP contribution in [0.2, 0.25) is 0 Å². The maximum absolute atomic E-state index is 5.59. The highest BCUT2D eigenvalue weighted by molar-refractivity contribution is 5.41. The summed E-state index contributed by atoms with van der Waals surface area (Å²) in [6.07, 6.45) is 1.84. The van der Waals surface area contributed by atoms with Gasteiger partial charge < -0.3 is 15.8 Å². The first-order valence-electron chi connectivity index (χ1n) is 5.89. The Morgan fingerprint density at radius 3 is 2.61 bits per heavy atom. The second kappa shape index (κ2) is 5.91. The number of aryl methyl sites for hydroxylation is 1. The molecule has 0 atom stereocenters. The molecule has 0 aliphatic heterocycles. The molecule has 2 aromatic rings. The van der Waals surface area contributed by atoms with E-state index in [4.69, 9.17) is 10.5 Å². The minimum atomic E-state index is 0.583. The van der Waals surface area contributed by atoms with Gasteiger partial charge in [-0.2, -0.15) is 0 Å². The maximum atomic E-state index is 5.59. The van der Waals surface area contributed by atoms with E-state index in [1.54, 1.807) is 0 Å². The van der Waals surface area contributed by atoms with Crippen molar-refractivity contribution >= 4 is 11.5 Å². The fourth-order valence-corrected chi connectivity index (χ4v) is 1.48. The lowest BCUT2D eigenvalue weighted by atomic mass is 10.3. The van der Waals surface area contributed by atoms with Gasteiger partial charge in [-0.15, -0.1) is 0 Å². The number of nitrogens with one attached hydrogen (secondary N) is 1. The van der Waals surface area contributed by atoms with E-state index in [1.807, 2.05) is 49.5 Å². The van der Waals surface area contributed by atoms with Gasteiger partial charge in [-0.25, -0.2) is 4.98 Å². The van der Waals surface area contributed by atoms with Crippen LogP contribution in [-0.2, 0) is 0 Å². The number of benzene rings is 1. The summed E-state index contributed by atoms with van der Waals surface area (Å²) in [7, 11) is 0. The molecule has 3 N–H and O–H groups in total. The third kappa shape index (κ3) is 3.66. The van der Waals surface area contributed by atoms with Crippen molar-refractivity contribution in [2.75, 3.05) is 24.2 Å². The molecule has 2 rings (SSSR count). The fraction of sp³-hybridized carbons (Fsp3) is 0.214. The van der Waals surface area contributed by atoms with Gasteiger partial charge in [0.1, 0.15) is 18.2 Å². The van der Waals surface area contributed by atoms with Gasteiger partial charge in [0, 0.05) is 11.9 Å². The van der Waals surface area contributed by atoms with Crippen molar-refractivity contribution in [3.63, 3.8) is 0 Å². The number of hydrogen-bond acceptors (Lipinski definition) is 4. The van der Waals surface area contributed by atoms with E-state index < -0.39 is 0 Å². The summed E-state index contributed by atoms with van der Waals surface area (Å²) in [5.74, 6) is 1.68. The lowest BCUT2D eigenvalue weighted by Gasteiger charge is -2.08. The lowest BCUT2D eigenvalue weighted by Crippen LogP contribution is -2.12. The molecule has 0 aliphatic rings. The molecule has 0 bridgehead atoms. The first-order chi connectivity index (χ1) is 8.74. The van der Waals surface area contributed by atoms with Crippen LogP contribution in [0.15, 0.2) is 42.6 Å². The first-order valence-corrected chi connectivity index (χ1v) is 5.89. The Bertz CT molecular complexity index is 432. The van der Waals surface area contributed by atoms with Crippen molar-refractivity contribution in [3.8, 4) is 5.75 Å². The molecular weight excluding hydrogens is 226 g/mol. The first kappa shape index (κ1) is 12.2. The van der Waals surface area contributed by atoms with Crippen LogP contribution in [0.3, 0.4) is 0 Å². The second-order valence-corrected chi connectivity index (χ2v) is 4.07. The van der Waals surface area contributed by atoms with Crippen LogP contribution in [0.4, 0.5) is 11.5 Å². The van der Waals surface area contributed by atoms with E-state index in [0.29, 0.717) is 13.2 Å².